The molecule has 2 aliphatic heterocycles. The molecular formula is C14H22N4O2S. The molecule has 6 nitrogen and oxygen atoms in total. The highest BCUT2D eigenvalue weighted by molar-refractivity contribution is 7.18. The van der Waals surface area contributed by atoms with E-state index in [9.17, 15) is 9.90 Å². The molecule has 3 rings (SSSR count). The van der Waals surface area contributed by atoms with Crippen molar-refractivity contribution in [3.8, 4) is 0 Å². The molecule has 2 aliphatic rings. The molecule has 4 N–H and O–H groups in total. The van der Waals surface area contributed by atoms with Gasteiger partial charge in [0.25, 0.3) is 5.91 Å². The smallest absolute Gasteiger partial charge is 0.268 e. The Morgan fingerprint density at radius 2 is 2.14 bits per heavy atom. The van der Waals surface area contributed by atoms with Gasteiger partial charge in [0, 0.05) is 18.6 Å². The molecular weight excluding hydrogens is 288 g/mol. The van der Waals surface area contributed by atoms with Crippen LogP contribution in [0.5, 0.6) is 0 Å². The fraction of sp³-hybridized carbons (Fsp3) is 0.714. The second kappa shape index (κ2) is 5.81. The van der Waals surface area contributed by atoms with E-state index in [2.05, 4.69) is 17.2 Å². The molecule has 3 heterocycles. The lowest BCUT2D eigenvalue weighted by Gasteiger charge is -2.36. The van der Waals surface area contributed by atoms with Gasteiger partial charge in [0.15, 0.2) is 5.13 Å². The van der Waals surface area contributed by atoms with Crippen LogP contribution in [0.2, 0.25) is 0 Å². The van der Waals surface area contributed by atoms with Gasteiger partial charge in [-0.25, -0.2) is 4.98 Å². The average Bonchev–Trinajstić information content (AvgIpc) is 2.94. The number of carbonyl (C=O) groups excluding carboxylic acids is 1. The Labute approximate surface area is 128 Å². The summed E-state index contributed by atoms with van der Waals surface area (Å²) in [6.45, 7) is 2.90. The largest absolute Gasteiger partial charge is 0.393 e. The van der Waals surface area contributed by atoms with Gasteiger partial charge in [-0.3, -0.25) is 4.79 Å². The summed E-state index contributed by atoms with van der Waals surface area (Å²) in [6, 6.07) is 0.305. The van der Waals surface area contributed by atoms with E-state index in [1.54, 1.807) is 0 Å². The van der Waals surface area contributed by atoms with Crippen LogP contribution in [0.25, 0.3) is 0 Å². The standard InChI is InChI=1S/C14H22N4O2S/c1-2-5-16-14-17-12(15)11(21-14)13(20)18-8-3-4-9(18)7-10(19)6-8/h8-10,19H,2-7,15H2,1H3,(H,16,17). The second-order valence-electron chi connectivity index (χ2n) is 5.88. The molecule has 2 saturated heterocycles. The number of nitrogens with zero attached hydrogens (tertiary/aromatic N) is 2. The number of aliphatic hydroxyl groups excluding tert-OH is 1. The number of nitrogen functional groups attached to an aromatic ring is 1. The van der Waals surface area contributed by atoms with Crippen LogP contribution in [-0.2, 0) is 0 Å². The quantitative estimate of drug-likeness (QED) is 0.787. The fourth-order valence-electron chi connectivity index (χ4n) is 3.39. The molecule has 0 aliphatic carbocycles. The summed E-state index contributed by atoms with van der Waals surface area (Å²) in [5.41, 5.74) is 5.92. The van der Waals surface area contributed by atoms with Crippen molar-refractivity contribution in [3.63, 3.8) is 0 Å². The maximum atomic E-state index is 12.8. The van der Waals surface area contributed by atoms with Crippen LogP contribution >= 0.6 is 11.3 Å². The van der Waals surface area contributed by atoms with Crippen molar-refractivity contribution in [2.24, 2.45) is 0 Å². The zero-order chi connectivity index (χ0) is 15.0. The van der Waals surface area contributed by atoms with Gasteiger partial charge in [-0.1, -0.05) is 18.3 Å². The van der Waals surface area contributed by atoms with Gasteiger partial charge in [-0.15, -0.1) is 0 Å². The van der Waals surface area contributed by atoms with E-state index < -0.39 is 0 Å². The van der Waals surface area contributed by atoms with Gasteiger partial charge >= 0.3 is 0 Å². The Balaban J connectivity index is 1.78. The Morgan fingerprint density at radius 1 is 1.48 bits per heavy atom. The summed E-state index contributed by atoms with van der Waals surface area (Å²) in [7, 11) is 0. The first-order chi connectivity index (χ1) is 10.1. The summed E-state index contributed by atoms with van der Waals surface area (Å²) in [4.78, 5) is 19.5. The topological polar surface area (TPSA) is 91.5 Å². The summed E-state index contributed by atoms with van der Waals surface area (Å²) in [6.07, 6.45) is 4.05. The van der Waals surface area contributed by atoms with E-state index in [0.717, 1.165) is 25.8 Å². The van der Waals surface area contributed by atoms with E-state index in [4.69, 9.17) is 5.73 Å². The number of nitrogens with two attached hydrogens (primary N) is 1. The highest BCUT2D eigenvalue weighted by Crippen LogP contribution is 2.38. The number of hydrogen-bond acceptors (Lipinski definition) is 6. The van der Waals surface area contributed by atoms with Gasteiger partial charge in [-0.05, 0) is 32.1 Å². The van der Waals surface area contributed by atoms with Crippen LogP contribution < -0.4 is 11.1 Å². The Kier molecular flexibility index (Phi) is 4.03. The van der Waals surface area contributed by atoms with Crippen molar-refractivity contribution < 1.29 is 9.90 Å². The molecule has 21 heavy (non-hydrogen) atoms. The van der Waals surface area contributed by atoms with Crippen LogP contribution in [0.3, 0.4) is 0 Å². The van der Waals surface area contributed by atoms with Crippen LogP contribution in [-0.4, -0.2) is 45.6 Å². The lowest BCUT2D eigenvalue weighted by molar-refractivity contribution is 0.0291. The number of aromatic nitrogens is 1. The first-order valence-corrected chi connectivity index (χ1v) is 8.42. The summed E-state index contributed by atoms with van der Waals surface area (Å²) in [5, 5.41) is 13.7. The third kappa shape index (κ3) is 2.72. The maximum Gasteiger partial charge on any atom is 0.268 e. The average molecular weight is 310 g/mol. The van der Waals surface area contributed by atoms with Crippen molar-refractivity contribution in [1.82, 2.24) is 9.88 Å². The number of nitrogens with one attached hydrogen (secondary N) is 1. The molecule has 1 aromatic heterocycles. The molecule has 1 aromatic rings. The third-order valence-corrected chi connectivity index (χ3v) is 5.33. The Hall–Kier alpha value is -1.34. The van der Waals surface area contributed by atoms with Crippen LogP contribution in [0.4, 0.5) is 10.9 Å². The number of thiazole rings is 1. The SMILES string of the molecule is CCCNc1nc(N)c(C(=O)N2C3CCC2CC(O)C3)s1. The first kappa shape index (κ1) is 14.6. The van der Waals surface area contributed by atoms with Crippen LogP contribution in [0, 0.1) is 0 Å². The number of amides is 1. The number of hydrogen-bond donors (Lipinski definition) is 3. The van der Waals surface area contributed by atoms with E-state index in [1.165, 1.54) is 11.3 Å². The molecule has 1 amide bonds. The number of anilines is 2. The number of aliphatic hydroxyl groups is 1. The van der Waals surface area contributed by atoms with Gasteiger partial charge < -0.3 is 21.1 Å². The number of rotatable bonds is 4. The minimum absolute atomic E-state index is 0.0195. The minimum Gasteiger partial charge on any atom is -0.393 e. The third-order valence-electron chi connectivity index (χ3n) is 4.32. The lowest BCUT2D eigenvalue weighted by Crippen LogP contribution is -2.47. The van der Waals surface area contributed by atoms with Crippen molar-refractivity contribution in [2.75, 3.05) is 17.6 Å². The molecule has 2 unspecified atom stereocenters. The number of carbonyl (C=O) groups is 1. The predicted molar refractivity (Wildman–Crippen MR) is 83.5 cm³/mol. The summed E-state index contributed by atoms with van der Waals surface area (Å²) < 4.78 is 0. The molecule has 0 spiro atoms. The first-order valence-electron chi connectivity index (χ1n) is 7.61. The Bertz CT molecular complexity index is 519. The molecule has 7 heteroatoms. The predicted octanol–water partition coefficient (Wildman–Crippen LogP) is 1.68. The highest BCUT2D eigenvalue weighted by atomic mass is 32.1. The van der Waals surface area contributed by atoms with E-state index in [0.29, 0.717) is 28.7 Å². The zero-order valence-corrected chi connectivity index (χ0v) is 13.0. The van der Waals surface area contributed by atoms with Crippen molar-refractivity contribution in [1.29, 1.82) is 0 Å². The molecule has 0 aromatic carbocycles. The van der Waals surface area contributed by atoms with Gasteiger partial charge in [-0.2, -0.15) is 0 Å². The van der Waals surface area contributed by atoms with Crippen LogP contribution in [0.1, 0.15) is 48.7 Å². The molecule has 2 fully saturated rings. The maximum absolute atomic E-state index is 12.8. The molecule has 0 saturated carbocycles. The lowest BCUT2D eigenvalue weighted by atomic mass is 10.00. The van der Waals surface area contributed by atoms with Gasteiger partial charge in [0.1, 0.15) is 10.7 Å². The summed E-state index contributed by atoms with van der Waals surface area (Å²) in [5.74, 6) is 0.295. The van der Waals surface area contributed by atoms with Crippen LogP contribution in [0.15, 0.2) is 0 Å². The minimum atomic E-state index is -0.271. The number of fused-ring (bicyclic) bond motifs is 2. The molecule has 116 valence electrons. The monoisotopic (exact) mass is 310 g/mol. The van der Waals surface area contributed by atoms with E-state index >= 15 is 0 Å². The Morgan fingerprint density at radius 3 is 2.76 bits per heavy atom. The number of piperidine rings is 1. The second-order valence-corrected chi connectivity index (χ2v) is 6.88. The fourth-order valence-corrected chi connectivity index (χ4v) is 4.24. The highest BCUT2D eigenvalue weighted by Gasteiger charge is 2.43. The van der Waals surface area contributed by atoms with Crippen molar-refractivity contribution in [2.45, 2.75) is 57.2 Å². The van der Waals surface area contributed by atoms with E-state index in [1.807, 2.05) is 4.90 Å². The van der Waals surface area contributed by atoms with Crippen molar-refractivity contribution >= 4 is 28.2 Å². The molecule has 2 bridgehead atoms. The zero-order valence-electron chi connectivity index (χ0n) is 12.2. The van der Waals surface area contributed by atoms with Crippen molar-refractivity contribution in [3.05, 3.63) is 4.88 Å². The normalized spacial score (nSPS) is 27.9. The molecule has 0 radical (unpaired) electrons. The van der Waals surface area contributed by atoms with E-state index in [-0.39, 0.29) is 24.1 Å². The van der Waals surface area contributed by atoms with Gasteiger partial charge in [0.05, 0.1) is 6.10 Å². The summed E-state index contributed by atoms with van der Waals surface area (Å²) >= 11 is 1.33. The van der Waals surface area contributed by atoms with Gasteiger partial charge in [0.2, 0.25) is 0 Å². The molecule has 2 atom stereocenters.